The zero-order chi connectivity index (χ0) is 10.8. The number of aromatic nitrogens is 1. The average molecular weight is 247 g/mol. The number of nitrogens with two attached hydrogens (primary N) is 1. The molecule has 0 unspecified atom stereocenters. The summed E-state index contributed by atoms with van der Waals surface area (Å²) in [5, 5.41) is 4.11. The number of rotatable bonds is 4. The molecule has 15 heavy (non-hydrogen) atoms. The Morgan fingerprint density at radius 2 is 2.00 bits per heavy atom. The van der Waals surface area contributed by atoms with Crippen molar-refractivity contribution in [3.05, 3.63) is 16.1 Å². The van der Waals surface area contributed by atoms with E-state index in [1.807, 2.05) is 0 Å². The van der Waals surface area contributed by atoms with Crippen molar-refractivity contribution in [2.24, 2.45) is 11.8 Å². The van der Waals surface area contributed by atoms with E-state index in [4.69, 9.17) is 29.0 Å². The molecule has 0 atom stereocenters. The molecule has 1 saturated carbocycles. The lowest BCUT2D eigenvalue weighted by molar-refractivity contribution is 0.883. The maximum atomic E-state index is 5.98. The van der Waals surface area contributed by atoms with Gasteiger partial charge in [-0.3, -0.25) is 0 Å². The minimum atomic E-state index is 0.416. The molecule has 2 rings (SSSR count). The molecule has 1 heterocycles. The van der Waals surface area contributed by atoms with E-state index in [1.165, 1.54) is 12.8 Å². The summed E-state index contributed by atoms with van der Waals surface area (Å²) in [6, 6.07) is 1.63. The van der Waals surface area contributed by atoms with Crippen molar-refractivity contribution in [1.82, 2.24) is 4.98 Å². The van der Waals surface area contributed by atoms with Gasteiger partial charge in [0.1, 0.15) is 5.82 Å². The smallest absolute Gasteiger partial charge is 0.161 e. The molecule has 1 aromatic heterocycles. The van der Waals surface area contributed by atoms with E-state index >= 15 is 0 Å². The Morgan fingerprint density at radius 1 is 1.33 bits per heavy atom. The molecular formula is C9H12Cl2N4. The lowest BCUT2D eigenvalue weighted by Crippen LogP contribution is -2.12. The highest BCUT2D eigenvalue weighted by Crippen LogP contribution is 2.32. The summed E-state index contributed by atoms with van der Waals surface area (Å²) in [7, 11) is 0. The molecule has 1 aromatic rings. The van der Waals surface area contributed by atoms with E-state index in [2.05, 4.69) is 15.7 Å². The standard InChI is InChI=1S/C9H12Cl2N4/c10-6-3-7(11)9(15-12)14-8(6)13-4-5-1-2-5/h3,5H,1-2,4,12H2,(H2,13,14,15). The molecule has 0 aliphatic heterocycles. The molecule has 82 valence electrons. The predicted molar refractivity (Wildman–Crippen MR) is 63.3 cm³/mol. The number of anilines is 2. The van der Waals surface area contributed by atoms with Gasteiger partial charge in [-0.2, -0.15) is 0 Å². The van der Waals surface area contributed by atoms with E-state index in [1.54, 1.807) is 6.07 Å². The largest absolute Gasteiger partial charge is 0.368 e. The molecule has 6 heteroatoms. The van der Waals surface area contributed by atoms with Gasteiger partial charge in [-0.25, -0.2) is 10.8 Å². The van der Waals surface area contributed by atoms with Crippen LogP contribution in [0.4, 0.5) is 11.6 Å². The molecule has 0 amide bonds. The molecule has 0 radical (unpaired) electrons. The summed E-state index contributed by atoms with van der Waals surface area (Å²) in [6.07, 6.45) is 2.56. The second-order valence-electron chi connectivity index (χ2n) is 3.62. The van der Waals surface area contributed by atoms with E-state index < -0.39 is 0 Å². The first-order valence-electron chi connectivity index (χ1n) is 4.77. The maximum absolute atomic E-state index is 5.98. The number of pyridine rings is 1. The van der Waals surface area contributed by atoms with Crippen LogP contribution in [0.1, 0.15) is 12.8 Å². The zero-order valence-electron chi connectivity index (χ0n) is 8.06. The second kappa shape index (κ2) is 4.43. The van der Waals surface area contributed by atoms with E-state index in [0.29, 0.717) is 21.7 Å². The Kier molecular flexibility index (Phi) is 3.19. The molecule has 0 aromatic carbocycles. The highest BCUT2D eigenvalue weighted by atomic mass is 35.5. The molecule has 1 fully saturated rings. The summed E-state index contributed by atoms with van der Waals surface area (Å²) >= 11 is 11.8. The first kappa shape index (κ1) is 10.8. The third-order valence-electron chi connectivity index (χ3n) is 2.32. The highest BCUT2D eigenvalue weighted by molar-refractivity contribution is 6.37. The summed E-state index contributed by atoms with van der Waals surface area (Å²) in [4.78, 5) is 4.18. The molecule has 4 N–H and O–H groups in total. The molecule has 0 saturated heterocycles. The number of halogens is 2. The van der Waals surface area contributed by atoms with Crippen LogP contribution in [0.25, 0.3) is 0 Å². The van der Waals surface area contributed by atoms with Crippen molar-refractivity contribution < 1.29 is 0 Å². The lowest BCUT2D eigenvalue weighted by atomic mass is 10.4. The fourth-order valence-electron chi connectivity index (χ4n) is 1.25. The Hall–Kier alpha value is -0.710. The van der Waals surface area contributed by atoms with Crippen LogP contribution in [-0.4, -0.2) is 11.5 Å². The van der Waals surface area contributed by atoms with Gasteiger partial charge >= 0.3 is 0 Å². The minimum absolute atomic E-state index is 0.416. The zero-order valence-corrected chi connectivity index (χ0v) is 9.57. The topological polar surface area (TPSA) is 63.0 Å². The second-order valence-corrected chi connectivity index (χ2v) is 4.43. The fraction of sp³-hybridized carbons (Fsp3) is 0.444. The molecule has 4 nitrogen and oxygen atoms in total. The van der Waals surface area contributed by atoms with Crippen molar-refractivity contribution >= 4 is 34.8 Å². The highest BCUT2D eigenvalue weighted by Gasteiger charge is 2.21. The van der Waals surface area contributed by atoms with E-state index in [-0.39, 0.29) is 0 Å². The van der Waals surface area contributed by atoms with Crippen LogP contribution < -0.4 is 16.6 Å². The SMILES string of the molecule is NNc1nc(NCC2CC2)c(Cl)cc1Cl. The third kappa shape index (κ3) is 2.65. The van der Waals surface area contributed by atoms with Crippen molar-refractivity contribution in [1.29, 1.82) is 0 Å². The normalized spacial score (nSPS) is 15.1. The molecule has 1 aliphatic rings. The van der Waals surface area contributed by atoms with Gasteiger partial charge in [-0.1, -0.05) is 23.2 Å². The van der Waals surface area contributed by atoms with Gasteiger partial charge in [-0.15, -0.1) is 0 Å². The fourth-order valence-corrected chi connectivity index (χ4v) is 1.73. The van der Waals surface area contributed by atoms with Crippen LogP contribution in [0.2, 0.25) is 10.0 Å². The van der Waals surface area contributed by atoms with Gasteiger partial charge in [0.25, 0.3) is 0 Å². The molecule has 0 bridgehead atoms. The number of hydrogen-bond acceptors (Lipinski definition) is 4. The Bertz CT molecular complexity index is 365. The Morgan fingerprint density at radius 3 is 2.60 bits per heavy atom. The summed E-state index contributed by atoms with van der Waals surface area (Å²) in [5.41, 5.74) is 2.42. The summed E-state index contributed by atoms with van der Waals surface area (Å²) in [5.74, 6) is 7.08. The monoisotopic (exact) mass is 246 g/mol. The van der Waals surface area contributed by atoms with E-state index in [0.717, 1.165) is 12.5 Å². The maximum Gasteiger partial charge on any atom is 0.161 e. The predicted octanol–water partition coefficient (Wildman–Crippen LogP) is 2.50. The summed E-state index contributed by atoms with van der Waals surface area (Å²) < 4.78 is 0. The lowest BCUT2D eigenvalue weighted by Gasteiger charge is -2.09. The minimum Gasteiger partial charge on any atom is -0.368 e. The van der Waals surface area contributed by atoms with Gasteiger partial charge in [0.05, 0.1) is 10.0 Å². The van der Waals surface area contributed by atoms with Gasteiger partial charge in [-0.05, 0) is 24.8 Å². The van der Waals surface area contributed by atoms with Crippen molar-refractivity contribution in [3.63, 3.8) is 0 Å². The van der Waals surface area contributed by atoms with Crippen LogP contribution in [0.3, 0.4) is 0 Å². The number of hydrogen-bond donors (Lipinski definition) is 3. The van der Waals surface area contributed by atoms with Gasteiger partial charge < -0.3 is 10.7 Å². The first-order valence-corrected chi connectivity index (χ1v) is 5.53. The Balaban J connectivity index is 2.13. The Labute approximate surface area is 98.1 Å². The third-order valence-corrected chi connectivity index (χ3v) is 2.90. The van der Waals surface area contributed by atoms with Crippen LogP contribution in [0.5, 0.6) is 0 Å². The van der Waals surface area contributed by atoms with Crippen LogP contribution in [0.15, 0.2) is 6.07 Å². The quantitative estimate of drug-likeness (QED) is 0.565. The number of hydrazine groups is 1. The van der Waals surface area contributed by atoms with Gasteiger partial charge in [0, 0.05) is 6.54 Å². The molecule has 1 aliphatic carbocycles. The van der Waals surface area contributed by atoms with Crippen LogP contribution in [0, 0.1) is 5.92 Å². The van der Waals surface area contributed by atoms with Crippen LogP contribution >= 0.6 is 23.2 Å². The molecule has 0 spiro atoms. The van der Waals surface area contributed by atoms with Gasteiger partial charge in [0.2, 0.25) is 0 Å². The van der Waals surface area contributed by atoms with Crippen LogP contribution in [-0.2, 0) is 0 Å². The average Bonchev–Trinajstić information content (AvgIpc) is 3.00. The number of nitrogens with one attached hydrogen (secondary N) is 2. The number of nitrogen functional groups attached to an aromatic ring is 1. The molecular weight excluding hydrogens is 235 g/mol. The van der Waals surface area contributed by atoms with Crippen molar-refractivity contribution in [2.45, 2.75) is 12.8 Å². The van der Waals surface area contributed by atoms with Crippen molar-refractivity contribution in [2.75, 3.05) is 17.3 Å². The van der Waals surface area contributed by atoms with E-state index in [9.17, 15) is 0 Å². The number of nitrogens with zero attached hydrogens (tertiary/aromatic N) is 1. The summed E-state index contributed by atoms with van der Waals surface area (Å²) in [6.45, 7) is 0.901. The first-order chi connectivity index (χ1) is 7.20. The van der Waals surface area contributed by atoms with Crippen molar-refractivity contribution in [3.8, 4) is 0 Å². The van der Waals surface area contributed by atoms with Gasteiger partial charge in [0.15, 0.2) is 5.82 Å².